The van der Waals surface area contributed by atoms with Crippen molar-refractivity contribution in [3.8, 4) is 0 Å². The number of anilines is 1. The van der Waals surface area contributed by atoms with Gasteiger partial charge in [0.15, 0.2) is 5.82 Å². The quantitative estimate of drug-likeness (QED) is 0.906. The molecule has 2 aromatic rings. The molecule has 0 radical (unpaired) electrons. The summed E-state index contributed by atoms with van der Waals surface area (Å²) in [4.78, 5) is 30.3. The summed E-state index contributed by atoms with van der Waals surface area (Å²) in [6.07, 6.45) is 7.92. The number of aromatic nitrogens is 2. The van der Waals surface area contributed by atoms with E-state index in [4.69, 9.17) is 4.42 Å². The van der Waals surface area contributed by atoms with Gasteiger partial charge in [-0.3, -0.25) is 9.59 Å². The van der Waals surface area contributed by atoms with Crippen molar-refractivity contribution in [1.82, 2.24) is 14.9 Å². The Balaban J connectivity index is 1.70. The molecule has 2 aromatic heterocycles. The van der Waals surface area contributed by atoms with Gasteiger partial charge in [0.05, 0.1) is 11.8 Å². The van der Waals surface area contributed by atoms with Crippen molar-refractivity contribution < 1.29 is 9.21 Å². The van der Waals surface area contributed by atoms with Crippen LogP contribution in [-0.4, -0.2) is 34.6 Å². The number of amides is 1. The third-order valence-electron chi connectivity index (χ3n) is 3.84. The fourth-order valence-corrected chi connectivity index (χ4v) is 2.65. The standard InChI is InChI=1S/C15H18N4O3/c1-18-7-5-16-13(15(18)21)19-6-2-3-12(9-19)17-14(20)11-4-8-22-10-11/h4-5,7-8,10,12H,2-3,6,9H2,1H3,(H,17,20)/t12-/m1/s1. The van der Waals surface area contributed by atoms with E-state index in [1.807, 2.05) is 4.90 Å². The van der Waals surface area contributed by atoms with Crippen LogP contribution < -0.4 is 15.8 Å². The largest absolute Gasteiger partial charge is 0.472 e. The van der Waals surface area contributed by atoms with Gasteiger partial charge in [-0.25, -0.2) is 4.98 Å². The first kappa shape index (κ1) is 14.4. The highest BCUT2D eigenvalue weighted by molar-refractivity contribution is 5.94. The van der Waals surface area contributed by atoms with Crippen LogP contribution in [0.15, 0.2) is 40.2 Å². The Kier molecular flexibility index (Phi) is 3.95. The van der Waals surface area contributed by atoms with Gasteiger partial charge in [0, 0.05) is 38.6 Å². The molecule has 0 aromatic carbocycles. The van der Waals surface area contributed by atoms with Crippen LogP contribution >= 0.6 is 0 Å². The molecule has 3 rings (SSSR count). The second-order valence-electron chi connectivity index (χ2n) is 5.44. The van der Waals surface area contributed by atoms with Crippen molar-refractivity contribution in [2.45, 2.75) is 18.9 Å². The van der Waals surface area contributed by atoms with Crippen LogP contribution in [0.3, 0.4) is 0 Å². The van der Waals surface area contributed by atoms with Crippen LogP contribution in [0.1, 0.15) is 23.2 Å². The molecule has 0 spiro atoms. The topological polar surface area (TPSA) is 80.4 Å². The van der Waals surface area contributed by atoms with E-state index in [0.29, 0.717) is 17.9 Å². The number of carbonyl (C=O) groups excluding carboxylic acids is 1. The number of piperidine rings is 1. The number of rotatable bonds is 3. The zero-order chi connectivity index (χ0) is 15.5. The van der Waals surface area contributed by atoms with Gasteiger partial charge in [-0.1, -0.05) is 0 Å². The van der Waals surface area contributed by atoms with Crippen LogP contribution in [0.25, 0.3) is 0 Å². The van der Waals surface area contributed by atoms with Gasteiger partial charge in [-0.2, -0.15) is 0 Å². The maximum Gasteiger partial charge on any atom is 0.293 e. The number of hydrogen-bond donors (Lipinski definition) is 1. The van der Waals surface area contributed by atoms with Gasteiger partial charge in [0.1, 0.15) is 6.26 Å². The lowest BCUT2D eigenvalue weighted by atomic mass is 10.1. The molecule has 1 aliphatic heterocycles. The minimum atomic E-state index is -0.158. The summed E-state index contributed by atoms with van der Waals surface area (Å²) in [6, 6.07) is 1.62. The number of hydrogen-bond acceptors (Lipinski definition) is 5. The molecule has 1 fully saturated rings. The second kappa shape index (κ2) is 6.05. The van der Waals surface area contributed by atoms with E-state index in [9.17, 15) is 9.59 Å². The maximum atomic E-state index is 12.1. The molecular weight excluding hydrogens is 284 g/mol. The zero-order valence-electron chi connectivity index (χ0n) is 12.4. The van der Waals surface area contributed by atoms with E-state index < -0.39 is 0 Å². The van der Waals surface area contributed by atoms with E-state index in [-0.39, 0.29) is 17.5 Å². The summed E-state index contributed by atoms with van der Waals surface area (Å²) in [5, 5.41) is 2.98. The SMILES string of the molecule is Cn1ccnc(N2CCC[C@@H](NC(=O)c3ccoc3)C2)c1=O. The Morgan fingerprint density at radius 2 is 2.36 bits per heavy atom. The molecule has 3 heterocycles. The van der Waals surface area contributed by atoms with Crippen molar-refractivity contribution in [2.75, 3.05) is 18.0 Å². The fourth-order valence-electron chi connectivity index (χ4n) is 2.65. The molecule has 1 aliphatic rings. The Morgan fingerprint density at radius 1 is 1.50 bits per heavy atom. The highest BCUT2D eigenvalue weighted by atomic mass is 16.3. The molecule has 0 saturated carbocycles. The Morgan fingerprint density at radius 3 is 3.14 bits per heavy atom. The van der Waals surface area contributed by atoms with Crippen molar-refractivity contribution in [1.29, 1.82) is 0 Å². The number of aryl methyl sites for hydroxylation is 1. The molecule has 7 heteroatoms. The van der Waals surface area contributed by atoms with Crippen molar-refractivity contribution in [3.63, 3.8) is 0 Å². The molecule has 1 amide bonds. The summed E-state index contributed by atoms with van der Waals surface area (Å²) in [5.74, 6) is 0.279. The van der Waals surface area contributed by atoms with Crippen LogP contribution in [0, 0.1) is 0 Å². The lowest BCUT2D eigenvalue weighted by molar-refractivity contribution is 0.0932. The summed E-state index contributed by atoms with van der Waals surface area (Å²) in [5.41, 5.74) is 0.384. The van der Waals surface area contributed by atoms with E-state index in [1.54, 1.807) is 25.5 Å². The first-order valence-corrected chi connectivity index (χ1v) is 7.25. The number of carbonyl (C=O) groups is 1. The fraction of sp³-hybridized carbons (Fsp3) is 0.400. The van der Waals surface area contributed by atoms with E-state index in [0.717, 1.165) is 19.4 Å². The molecule has 1 N–H and O–H groups in total. The van der Waals surface area contributed by atoms with Gasteiger partial charge >= 0.3 is 0 Å². The molecule has 116 valence electrons. The maximum absolute atomic E-state index is 12.1. The zero-order valence-corrected chi connectivity index (χ0v) is 12.4. The van der Waals surface area contributed by atoms with Gasteiger partial charge < -0.3 is 19.2 Å². The predicted molar refractivity (Wildman–Crippen MR) is 80.9 cm³/mol. The van der Waals surface area contributed by atoms with Crippen LogP contribution in [-0.2, 0) is 7.05 Å². The van der Waals surface area contributed by atoms with Gasteiger partial charge in [-0.15, -0.1) is 0 Å². The van der Waals surface area contributed by atoms with E-state index in [2.05, 4.69) is 10.3 Å². The molecule has 0 bridgehead atoms. The Labute approximate surface area is 127 Å². The normalized spacial score (nSPS) is 18.2. The third-order valence-corrected chi connectivity index (χ3v) is 3.84. The molecule has 1 atom stereocenters. The van der Waals surface area contributed by atoms with Crippen molar-refractivity contribution in [2.24, 2.45) is 7.05 Å². The Bertz CT molecular complexity index is 708. The second-order valence-corrected chi connectivity index (χ2v) is 5.44. The van der Waals surface area contributed by atoms with Gasteiger partial charge in [0.2, 0.25) is 0 Å². The Hall–Kier alpha value is -2.57. The average Bonchev–Trinajstić information content (AvgIpc) is 3.05. The average molecular weight is 302 g/mol. The minimum absolute atomic E-state index is 0.0112. The molecule has 7 nitrogen and oxygen atoms in total. The smallest absolute Gasteiger partial charge is 0.293 e. The van der Waals surface area contributed by atoms with Crippen molar-refractivity contribution >= 4 is 11.7 Å². The van der Waals surface area contributed by atoms with E-state index >= 15 is 0 Å². The van der Waals surface area contributed by atoms with E-state index in [1.165, 1.54) is 17.1 Å². The molecular formula is C15H18N4O3. The van der Waals surface area contributed by atoms with Crippen molar-refractivity contribution in [3.05, 3.63) is 46.9 Å². The number of nitrogens with one attached hydrogen (secondary N) is 1. The first-order valence-electron chi connectivity index (χ1n) is 7.25. The lowest BCUT2D eigenvalue weighted by Crippen LogP contribution is -2.49. The third kappa shape index (κ3) is 2.88. The summed E-state index contributed by atoms with van der Waals surface area (Å²) < 4.78 is 6.43. The van der Waals surface area contributed by atoms with Crippen LogP contribution in [0.2, 0.25) is 0 Å². The summed E-state index contributed by atoms with van der Waals surface area (Å²) in [7, 11) is 1.70. The first-order chi connectivity index (χ1) is 10.6. The molecule has 0 aliphatic carbocycles. The molecule has 1 saturated heterocycles. The minimum Gasteiger partial charge on any atom is -0.472 e. The highest BCUT2D eigenvalue weighted by Gasteiger charge is 2.24. The monoisotopic (exact) mass is 302 g/mol. The number of furan rings is 1. The van der Waals surface area contributed by atoms with Crippen LogP contribution in [0.5, 0.6) is 0 Å². The summed E-state index contributed by atoms with van der Waals surface area (Å²) >= 11 is 0. The molecule has 0 unspecified atom stereocenters. The predicted octanol–water partition coefficient (Wildman–Crippen LogP) is 0.772. The highest BCUT2D eigenvalue weighted by Crippen LogP contribution is 2.15. The van der Waals surface area contributed by atoms with Gasteiger partial charge in [-0.05, 0) is 18.9 Å². The van der Waals surface area contributed by atoms with Crippen LogP contribution in [0.4, 0.5) is 5.82 Å². The number of nitrogens with zero attached hydrogens (tertiary/aromatic N) is 3. The molecule has 22 heavy (non-hydrogen) atoms. The van der Waals surface area contributed by atoms with Gasteiger partial charge in [0.25, 0.3) is 11.5 Å². The summed E-state index contributed by atoms with van der Waals surface area (Å²) in [6.45, 7) is 1.35. The lowest BCUT2D eigenvalue weighted by Gasteiger charge is -2.33.